The molecule has 0 saturated carbocycles. The molecule has 1 atom stereocenters. The number of unbranched alkanes of at least 4 members (excludes halogenated alkanes) is 1. The van der Waals surface area contributed by atoms with Crippen molar-refractivity contribution < 1.29 is 20.1 Å². The maximum absolute atomic E-state index is 10.1. The van der Waals surface area contributed by atoms with Crippen molar-refractivity contribution in [3.05, 3.63) is 0 Å². The molecule has 7 nitrogen and oxygen atoms in total. The van der Waals surface area contributed by atoms with Gasteiger partial charge in [0.15, 0.2) is 0 Å². The van der Waals surface area contributed by atoms with Gasteiger partial charge in [0.05, 0.1) is 13.2 Å². The zero-order valence-electron chi connectivity index (χ0n) is 10.1. The topological polar surface area (TPSA) is 142 Å². The summed E-state index contributed by atoms with van der Waals surface area (Å²) in [7, 11) is 0. The van der Waals surface area contributed by atoms with Crippen molar-refractivity contribution >= 4 is 5.97 Å². The maximum atomic E-state index is 10.1. The molecule has 8 N–H and O–H groups in total. The monoisotopic (exact) mass is 251 g/mol. The Morgan fingerprint density at radius 1 is 1.18 bits per heavy atom. The number of hydrogen-bond acceptors (Lipinski definition) is 6. The highest BCUT2D eigenvalue weighted by molar-refractivity contribution is 5.72. The highest BCUT2D eigenvalue weighted by Gasteiger charge is 2.09. The van der Waals surface area contributed by atoms with Crippen molar-refractivity contribution in [1.82, 2.24) is 5.32 Å². The number of carboxylic acids is 1. The minimum Gasteiger partial charge on any atom is -0.480 e. The molecule has 17 heavy (non-hydrogen) atoms. The zero-order chi connectivity index (χ0) is 13.5. The van der Waals surface area contributed by atoms with E-state index in [0.29, 0.717) is 26.1 Å². The molecule has 0 radical (unpaired) electrons. The highest BCUT2D eigenvalue weighted by atomic mass is 16.4. The molecule has 0 aromatic heterocycles. The first-order valence-electron chi connectivity index (χ1n) is 5.71. The second-order valence-corrected chi connectivity index (χ2v) is 3.43. The van der Waals surface area contributed by atoms with Crippen LogP contribution in [-0.2, 0) is 4.79 Å². The number of aliphatic hydroxyl groups is 2. The van der Waals surface area contributed by atoms with Gasteiger partial charge in [-0.05, 0) is 19.4 Å². The third-order valence-corrected chi connectivity index (χ3v) is 1.86. The Bertz CT molecular complexity index is 166. The predicted molar refractivity (Wildman–Crippen MR) is 65.6 cm³/mol. The highest BCUT2D eigenvalue weighted by Crippen LogP contribution is 1.96. The van der Waals surface area contributed by atoms with E-state index in [0.717, 1.165) is 12.8 Å². The molecule has 0 amide bonds. The van der Waals surface area contributed by atoms with Crippen LogP contribution in [0.2, 0.25) is 0 Å². The van der Waals surface area contributed by atoms with Crippen molar-refractivity contribution in [2.75, 3.05) is 32.8 Å². The Morgan fingerprint density at radius 2 is 1.71 bits per heavy atom. The summed E-state index contributed by atoms with van der Waals surface area (Å²) >= 11 is 0. The van der Waals surface area contributed by atoms with E-state index in [-0.39, 0.29) is 13.2 Å². The number of aliphatic hydroxyl groups excluding tert-OH is 2. The third-order valence-electron chi connectivity index (χ3n) is 1.86. The lowest BCUT2D eigenvalue weighted by Gasteiger charge is -2.03. The average molecular weight is 251 g/mol. The summed E-state index contributed by atoms with van der Waals surface area (Å²) in [5, 5.41) is 27.4. The first-order valence-corrected chi connectivity index (χ1v) is 5.71. The Morgan fingerprint density at radius 3 is 2.06 bits per heavy atom. The van der Waals surface area contributed by atoms with Gasteiger partial charge in [0.25, 0.3) is 0 Å². The Hall–Kier alpha value is -0.730. The molecule has 0 spiro atoms. The molecular weight excluding hydrogens is 226 g/mol. The van der Waals surface area contributed by atoms with E-state index >= 15 is 0 Å². The van der Waals surface area contributed by atoms with Crippen LogP contribution < -0.4 is 16.8 Å². The summed E-state index contributed by atoms with van der Waals surface area (Å²) in [5.74, 6) is -0.933. The van der Waals surface area contributed by atoms with E-state index in [4.69, 9.17) is 26.8 Å². The first-order chi connectivity index (χ1) is 8.09. The van der Waals surface area contributed by atoms with Gasteiger partial charge >= 0.3 is 5.97 Å². The smallest absolute Gasteiger partial charge is 0.320 e. The molecule has 0 aliphatic rings. The lowest BCUT2D eigenvalue weighted by molar-refractivity contribution is -0.138. The lowest BCUT2D eigenvalue weighted by atomic mass is 10.1. The zero-order valence-corrected chi connectivity index (χ0v) is 10.1. The largest absolute Gasteiger partial charge is 0.480 e. The van der Waals surface area contributed by atoms with Crippen LogP contribution in [0.3, 0.4) is 0 Å². The van der Waals surface area contributed by atoms with Crippen LogP contribution in [-0.4, -0.2) is 60.2 Å². The van der Waals surface area contributed by atoms with Crippen LogP contribution in [0.5, 0.6) is 0 Å². The van der Waals surface area contributed by atoms with Gasteiger partial charge in [-0.15, -0.1) is 0 Å². The number of nitrogens with one attached hydrogen (secondary N) is 1. The van der Waals surface area contributed by atoms with E-state index in [1.165, 1.54) is 0 Å². The number of carboxylic acid groups (broad SMARTS) is 1. The predicted octanol–water partition coefficient (Wildman–Crippen LogP) is -1.91. The van der Waals surface area contributed by atoms with Gasteiger partial charge in [0.2, 0.25) is 0 Å². The van der Waals surface area contributed by atoms with E-state index in [1.54, 1.807) is 0 Å². The number of carbonyl (C=O) groups is 1. The summed E-state index contributed by atoms with van der Waals surface area (Å²) in [6.07, 6.45) is 2.16. The van der Waals surface area contributed by atoms with Gasteiger partial charge in [-0.2, -0.15) is 0 Å². The first kappa shape index (κ1) is 18.6. The molecule has 0 fully saturated rings. The van der Waals surface area contributed by atoms with Gasteiger partial charge in [0, 0.05) is 13.1 Å². The van der Waals surface area contributed by atoms with Crippen molar-refractivity contribution in [3.63, 3.8) is 0 Å². The van der Waals surface area contributed by atoms with E-state index < -0.39 is 12.0 Å². The second kappa shape index (κ2) is 15.3. The minimum absolute atomic E-state index is 0.139. The van der Waals surface area contributed by atoms with E-state index in [1.807, 2.05) is 0 Å². The minimum atomic E-state index is -0.933. The molecule has 0 aliphatic carbocycles. The normalized spacial score (nSPS) is 11.5. The van der Waals surface area contributed by atoms with Crippen molar-refractivity contribution in [2.45, 2.75) is 25.3 Å². The van der Waals surface area contributed by atoms with Gasteiger partial charge in [-0.25, -0.2) is 0 Å². The molecule has 7 heteroatoms. The molecular formula is C10H25N3O4. The van der Waals surface area contributed by atoms with Crippen molar-refractivity contribution in [1.29, 1.82) is 0 Å². The van der Waals surface area contributed by atoms with E-state index in [9.17, 15) is 4.79 Å². The van der Waals surface area contributed by atoms with Gasteiger partial charge in [0.1, 0.15) is 6.04 Å². The van der Waals surface area contributed by atoms with Crippen LogP contribution in [0, 0.1) is 0 Å². The van der Waals surface area contributed by atoms with Crippen molar-refractivity contribution in [2.24, 2.45) is 11.5 Å². The quantitative estimate of drug-likeness (QED) is 0.262. The molecule has 0 saturated heterocycles. The Balaban J connectivity index is 0. The average Bonchev–Trinajstić information content (AvgIpc) is 2.30. The van der Waals surface area contributed by atoms with Crippen LogP contribution in [0.25, 0.3) is 0 Å². The molecule has 0 aromatic rings. The fraction of sp³-hybridized carbons (Fsp3) is 0.900. The van der Waals surface area contributed by atoms with Gasteiger partial charge in [-0.1, -0.05) is 6.42 Å². The number of nitrogens with two attached hydrogens (primary N) is 2. The fourth-order valence-corrected chi connectivity index (χ4v) is 0.915. The Labute approximate surface area is 102 Å². The molecule has 0 heterocycles. The second-order valence-electron chi connectivity index (χ2n) is 3.43. The summed E-state index contributed by atoms with van der Waals surface area (Å²) in [6.45, 7) is 2.02. The SMILES string of the molecule is NCCCC[C@H](N)C(=O)O.OCCNCCO. The van der Waals surface area contributed by atoms with Crippen LogP contribution in [0.4, 0.5) is 0 Å². The van der Waals surface area contributed by atoms with Crippen LogP contribution >= 0.6 is 0 Å². The van der Waals surface area contributed by atoms with Gasteiger partial charge in [-0.3, -0.25) is 4.79 Å². The summed E-state index contributed by atoms with van der Waals surface area (Å²) < 4.78 is 0. The van der Waals surface area contributed by atoms with Gasteiger partial charge < -0.3 is 32.1 Å². The number of aliphatic carboxylic acids is 1. The van der Waals surface area contributed by atoms with Crippen molar-refractivity contribution in [3.8, 4) is 0 Å². The molecule has 104 valence electrons. The fourth-order valence-electron chi connectivity index (χ4n) is 0.915. The van der Waals surface area contributed by atoms with Crippen LogP contribution in [0.15, 0.2) is 0 Å². The maximum Gasteiger partial charge on any atom is 0.320 e. The molecule has 0 rings (SSSR count). The number of rotatable bonds is 9. The summed E-state index contributed by atoms with van der Waals surface area (Å²) in [6, 6.07) is -0.716. The molecule has 0 bridgehead atoms. The number of hydrogen-bond donors (Lipinski definition) is 6. The van der Waals surface area contributed by atoms with Crippen LogP contribution in [0.1, 0.15) is 19.3 Å². The van der Waals surface area contributed by atoms with E-state index in [2.05, 4.69) is 5.32 Å². The standard InChI is InChI=1S/C6H14N2O2.C4H11NO2/c7-4-2-1-3-5(8)6(9)10;6-3-1-5-2-4-7/h5H,1-4,7-8H2,(H,9,10);5-7H,1-4H2/t5-;/m0./s1. The Kier molecular flexibility index (Phi) is 16.7. The molecule has 0 aliphatic heterocycles. The lowest BCUT2D eigenvalue weighted by Crippen LogP contribution is -2.29. The molecule has 0 unspecified atom stereocenters. The molecule has 0 aromatic carbocycles. The third kappa shape index (κ3) is 17.9. The summed E-state index contributed by atoms with van der Waals surface area (Å²) in [5.41, 5.74) is 10.4. The summed E-state index contributed by atoms with van der Waals surface area (Å²) in [4.78, 5) is 10.1.